The Labute approximate surface area is 91.8 Å². The van der Waals surface area contributed by atoms with Gasteiger partial charge in [-0.05, 0) is 0 Å². The van der Waals surface area contributed by atoms with E-state index < -0.39 is 16.2 Å². The normalized spacial score (nSPS) is 6.00. The average Bonchev–Trinajstić information content (AvgIpc) is 2.01. The molecular formula is CH6CoN6O7. The van der Waals surface area contributed by atoms with Gasteiger partial charge >= 0.3 is 22.8 Å². The molecule has 6 N–H and O–H groups in total. The van der Waals surface area contributed by atoms with E-state index in [1.54, 1.807) is 10.9 Å². The number of hydrogen-bond acceptors (Lipinski definition) is 9. The van der Waals surface area contributed by atoms with Crippen molar-refractivity contribution < 1.29 is 31.7 Å². The summed E-state index contributed by atoms with van der Waals surface area (Å²) in [6.45, 7) is 0. The Kier molecular flexibility index (Phi) is 27.8. The maximum atomic E-state index is 9.71. The fourth-order valence-corrected chi connectivity index (χ4v) is 0.0417. The van der Waals surface area contributed by atoms with Gasteiger partial charge in [0, 0.05) is 0 Å². The minimum Gasteiger partial charge on any atom is -0.356 e. The Morgan fingerprint density at radius 1 is 0.933 bits per heavy atom. The zero-order chi connectivity index (χ0) is 12.1. The van der Waals surface area contributed by atoms with E-state index in [0.717, 1.165) is 0 Å². The summed E-state index contributed by atoms with van der Waals surface area (Å²) in [5.41, 5.74) is 3.48. The molecule has 0 rings (SSSR count). The third-order valence-electron chi connectivity index (χ3n) is 0.262. The fraction of sp³-hybridized carbons (Fsp3) is 0. The summed E-state index contributed by atoms with van der Waals surface area (Å²) in [7, 11) is 0. The molecule has 0 fully saturated rings. The van der Waals surface area contributed by atoms with Gasteiger partial charge in [-0.15, -0.1) is 0 Å². The largest absolute Gasteiger partial charge is 2.00 e. The van der Waals surface area contributed by atoms with E-state index in [9.17, 15) is 4.79 Å². The molecule has 0 bridgehead atoms. The number of nitrogens with one attached hydrogen (secondary N) is 2. The van der Waals surface area contributed by atoms with Crippen LogP contribution in [0.2, 0.25) is 0 Å². The van der Waals surface area contributed by atoms with E-state index in [-0.39, 0.29) is 16.8 Å². The van der Waals surface area contributed by atoms with Gasteiger partial charge in [-0.2, -0.15) is 0 Å². The molecule has 0 saturated heterocycles. The number of nitrogens with two attached hydrogens (primary N) is 2. The van der Waals surface area contributed by atoms with E-state index >= 15 is 0 Å². The Hall–Kier alpha value is -1.90. The monoisotopic (exact) mass is 273 g/mol. The van der Waals surface area contributed by atoms with Crippen molar-refractivity contribution in [2.75, 3.05) is 0 Å². The van der Waals surface area contributed by atoms with E-state index in [2.05, 4.69) is 11.7 Å². The summed E-state index contributed by atoms with van der Waals surface area (Å²) in [5.74, 6) is 9.08. The molecular weight excluding hydrogens is 267 g/mol. The first-order valence-corrected chi connectivity index (χ1v) is 2.38. The first-order chi connectivity index (χ1) is 6.27. The van der Waals surface area contributed by atoms with Crippen molar-refractivity contribution in [3.63, 3.8) is 0 Å². The molecule has 0 atom stereocenters. The Bertz CT molecular complexity index is 158. The van der Waals surface area contributed by atoms with Crippen molar-refractivity contribution in [3.05, 3.63) is 30.6 Å². The van der Waals surface area contributed by atoms with Crippen LogP contribution in [0.15, 0.2) is 0 Å². The first kappa shape index (κ1) is 23.2. The van der Waals surface area contributed by atoms with Crippen LogP contribution in [0.4, 0.5) is 4.79 Å². The molecule has 0 aliphatic heterocycles. The quantitative estimate of drug-likeness (QED) is 0.158. The Balaban J connectivity index is -0.0000000606. The van der Waals surface area contributed by atoms with Gasteiger partial charge in [0.05, 0.1) is 10.2 Å². The van der Waals surface area contributed by atoms with Gasteiger partial charge in [0.2, 0.25) is 0 Å². The van der Waals surface area contributed by atoms with Crippen LogP contribution in [0.3, 0.4) is 0 Å². The molecule has 91 valence electrons. The minimum atomic E-state index is -1.75. The summed E-state index contributed by atoms with van der Waals surface area (Å²) in [6, 6.07) is -0.602. The molecule has 0 spiro atoms. The summed E-state index contributed by atoms with van der Waals surface area (Å²) in [5, 5.41) is 29.5. The molecule has 15 heavy (non-hydrogen) atoms. The number of carbonyl (C=O) groups excluding carboxylic acids is 1. The molecule has 2 amide bonds. The van der Waals surface area contributed by atoms with E-state index in [1.807, 2.05) is 0 Å². The van der Waals surface area contributed by atoms with Gasteiger partial charge in [-0.1, -0.05) is 0 Å². The van der Waals surface area contributed by atoms with Gasteiger partial charge in [-0.3, -0.25) is 10.9 Å². The Morgan fingerprint density at radius 3 is 1.07 bits per heavy atom. The second-order valence-electron chi connectivity index (χ2n) is 1.07. The maximum Gasteiger partial charge on any atom is 2.00 e. The van der Waals surface area contributed by atoms with Crippen LogP contribution in [-0.2, 0) is 16.8 Å². The number of amides is 2. The van der Waals surface area contributed by atoms with Crippen LogP contribution in [0, 0.1) is 30.6 Å². The molecule has 0 aliphatic carbocycles. The third-order valence-corrected chi connectivity index (χ3v) is 0.262. The molecule has 0 aliphatic rings. The molecule has 0 saturated carbocycles. The number of urea groups is 1. The van der Waals surface area contributed by atoms with Crippen molar-refractivity contribution in [2.45, 2.75) is 0 Å². The van der Waals surface area contributed by atoms with Crippen LogP contribution in [-0.4, -0.2) is 16.2 Å². The molecule has 0 aromatic heterocycles. The van der Waals surface area contributed by atoms with Crippen LogP contribution in [0.1, 0.15) is 0 Å². The van der Waals surface area contributed by atoms with Crippen LogP contribution < -0.4 is 22.5 Å². The zero-order valence-electron chi connectivity index (χ0n) is 6.74. The number of carbonyl (C=O) groups is 1. The summed E-state index contributed by atoms with van der Waals surface area (Å²) in [4.78, 5) is 26.2. The minimum absolute atomic E-state index is 0. The molecule has 0 aromatic carbocycles. The van der Waals surface area contributed by atoms with Gasteiger partial charge in [0.15, 0.2) is 0 Å². The van der Waals surface area contributed by atoms with Crippen LogP contribution in [0.25, 0.3) is 0 Å². The van der Waals surface area contributed by atoms with Crippen LogP contribution >= 0.6 is 0 Å². The SMILES string of the molecule is NNC(=O)NN.O=[N+]([O-])[O-].O=[N+]([O-])[O-].[Co+2]. The summed E-state index contributed by atoms with van der Waals surface area (Å²) < 4.78 is 0. The van der Waals surface area contributed by atoms with E-state index in [0.29, 0.717) is 0 Å². The number of hydrogen-bond donors (Lipinski definition) is 4. The predicted molar refractivity (Wildman–Crippen MR) is 40.8 cm³/mol. The van der Waals surface area contributed by atoms with Crippen molar-refractivity contribution in [3.8, 4) is 0 Å². The fourth-order valence-electron chi connectivity index (χ4n) is 0.0417. The standard InChI is InChI=1S/CH6N4O.Co.2NO3/c2-4-1(6)5-3;;2*2-1(3)4/h2-3H2,(H2,4,5,6);;;/q;+2;2*-1. The second kappa shape index (κ2) is 18.0. The second-order valence-corrected chi connectivity index (χ2v) is 1.07. The van der Waals surface area contributed by atoms with Gasteiger partial charge in [-0.25, -0.2) is 16.5 Å². The zero-order valence-corrected chi connectivity index (χ0v) is 7.78. The van der Waals surface area contributed by atoms with Crippen molar-refractivity contribution >= 4 is 6.03 Å². The summed E-state index contributed by atoms with van der Waals surface area (Å²) >= 11 is 0. The number of nitrogens with zero attached hydrogens (tertiary/aromatic N) is 2. The molecule has 14 heteroatoms. The van der Waals surface area contributed by atoms with E-state index in [4.69, 9.17) is 30.6 Å². The number of rotatable bonds is 0. The number of hydrazine groups is 2. The topological polar surface area (TPSA) is 226 Å². The van der Waals surface area contributed by atoms with Gasteiger partial charge in [0.1, 0.15) is 0 Å². The molecule has 0 aromatic rings. The molecule has 0 unspecified atom stereocenters. The van der Waals surface area contributed by atoms with Crippen molar-refractivity contribution in [2.24, 2.45) is 11.7 Å². The third kappa shape index (κ3) is 281. The molecule has 13 nitrogen and oxygen atoms in total. The molecule has 1 radical (unpaired) electrons. The maximum absolute atomic E-state index is 9.71. The predicted octanol–water partition coefficient (Wildman–Crippen LogP) is -2.45. The van der Waals surface area contributed by atoms with E-state index in [1.165, 1.54) is 0 Å². The summed E-state index contributed by atoms with van der Waals surface area (Å²) in [6.07, 6.45) is 0. The van der Waals surface area contributed by atoms with Crippen molar-refractivity contribution in [1.29, 1.82) is 0 Å². The van der Waals surface area contributed by atoms with Gasteiger partial charge < -0.3 is 30.6 Å². The average molecular weight is 273 g/mol. The van der Waals surface area contributed by atoms with Crippen LogP contribution in [0.5, 0.6) is 0 Å². The first-order valence-electron chi connectivity index (χ1n) is 2.38. The molecule has 0 heterocycles. The smallest absolute Gasteiger partial charge is 0.356 e. The van der Waals surface area contributed by atoms with Gasteiger partial charge in [0.25, 0.3) is 0 Å². The Morgan fingerprint density at radius 2 is 1.07 bits per heavy atom. The van der Waals surface area contributed by atoms with Crippen molar-refractivity contribution in [1.82, 2.24) is 10.9 Å².